The molecule has 2 nitrogen and oxygen atoms in total. The molecule has 0 spiro atoms. The van der Waals surface area contributed by atoms with Crippen LogP contribution < -0.4 is 0 Å². The summed E-state index contributed by atoms with van der Waals surface area (Å²) in [5.41, 5.74) is 0. The summed E-state index contributed by atoms with van der Waals surface area (Å²) < 4.78 is 0. The van der Waals surface area contributed by atoms with Crippen LogP contribution in [0.1, 0.15) is 2.85 Å². The Morgan fingerprint density at radius 1 is 2.00 bits per heavy atom. The molecule has 0 aliphatic carbocycles. The molecule has 0 aliphatic rings. The zero-order valence-electron chi connectivity index (χ0n) is 4.77. The first kappa shape index (κ1) is 9.24. The number of hydrogen-bond acceptors (Lipinski definition) is 1. The predicted molar refractivity (Wildman–Crippen MR) is 23.2 cm³/mol. The summed E-state index contributed by atoms with van der Waals surface area (Å²) in [7, 11) is 0. The Morgan fingerprint density at radius 3 is 2.00 bits per heavy atom. The van der Waals surface area contributed by atoms with Crippen molar-refractivity contribution in [1.29, 1.82) is 0 Å². The van der Waals surface area contributed by atoms with E-state index in [-0.39, 0.29) is 25.9 Å². The largest absolute Gasteiger partial charge is 2.00 e. The second-order valence-electron chi connectivity index (χ2n) is 0.394. The standard InChI is InChI=1S/CHO2.Al.Mg.3H/c2-1-3;;;;;/h(H,2,3);;;;;/q;;+2;;2*-1. The summed E-state index contributed by atoms with van der Waals surface area (Å²) in [4.78, 5) is 8.21. The second-order valence-corrected chi connectivity index (χ2v) is 0.999. The van der Waals surface area contributed by atoms with Gasteiger partial charge in [0.25, 0.3) is 0 Å². The number of carbonyl (C=O) groups is 1. The van der Waals surface area contributed by atoms with Gasteiger partial charge in [-0.25, -0.2) is 0 Å². The van der Waals surface area contributed by atoms with Gasteiger partial charge in [-0.1, -0.05) is 0 Å². The van der Waals surface area contributed by atoms with Gasteiger partial charge in [-0.2, -0.15) is 0 Å². The fourth-order valence-corrected chi connectivity index (χ4v) is 0. The molecule has 5 heavy (non-hydrogen) atoms. The molecule has 0 atom stereocenters. The van der Waals surface area contributed by atoms with E-state index in [1.165, 1.54) is 0 Å². The van der Waals surface area contributed by atoms with E-state index < -0.39 is 4.83 Å². The van der Waals surface area contributed by atoms with Crippen molar-refractivity contribution in [3.05, 3.63) is 0 Å². The fraction of sp³-hybridized carbons (Fsp3) is 0. The average molecular weight is 99.3 g/mol. The van der Waals surface area contributed by atoms with Crippen LogP contribution in [-0.2, 0) is 0 Å². The van der Waals surface area contributed by atoms with Crippen LogP contribution in [0, 0.1) is 0 Å². The molecule has 0 aromatic heterocycles. The number of hydrogen-bond donors (Lipinski definition) is 1. The maximum Gasteiger partial charge on any atom is 2.00 e. The topological polar surface area (TPSA) is 37.3 Å². The first-order chi connectivity index (χ1) is 1.73. The van der Waals surface area contributed by atoms with Gasteiger partial charge in [-0.05, 0) is 0 Å². The molecule has 0 saturated carbocycles. The molecule has 0 aliphatic heterocycles. The molecule has 0 fully saturated rings. The molecule has 25 valence electrons. The van der Waals surface area contributed by atoms with E-state index in [0.717, 1.165) is 16.3 Å². The smallest absolute Gasteiger partial charge is 1.00 e. The van der Waals surface area contributed by atoms with Crippen LogP contribution in [0.25, 0.3) is 0 Å². The van der Waals surface area contributed by atoms with E-state index in [0.29, 0.717) is 0 Å². The van der Waals surface area contributed by atoms with Crippen molar-refractivity contribution >= 4 is 44.2 Å². The molecule has 1 N–H and O–H groups in total. The molecule has 0 unspecified atom stereocenters. The van der Waals surface area contributed by atoms with Crippen molar-refractivity contribution in [2.75, 3.05) is 0 Å². The summed E-state index contributed by atoms with van der Waals surface area (Å²) in [6.45, 7) is 0. The van der Waals surface area contributed by atoms with Crippen molar-refractivity contribution in [1.82, 2.24) is 0 Å². The minimum Gasteiger partial charge on any atom is -1.00 e. The molecule has 1 radical (unpaired) electrons. The third-order valence-electron chi connectivity index (χ3n) is 0. The Labute approximate surface area is 57.1 Å². The minimum absolute atomic E-state index is 0. The van der Waals surface area contributed by atoms with E-state index >= 15 is 0 Å². The fourth-order valence-electron chi connectivity index (χ4n) is 0. The van der Waals surface area contributed by atoms with Gasteiger partial charge in [0.2, 0.25) is 0 Å². The summed E-state index contributed by atoms with van der Waals surface area (Å²) in [5.74, 6) is 0. The Morgan fingerprint density at radius 2 is 2.00 bits per heavy atom. The molecule has 0 aromatic carbocycles. The molecule has 0 heterocycles. The van der Waals surface area contributed by atoms with Crippen LogP contribution >= 0.6 is 0 Å². The van der Waals surface area contributed by atoms with Crippen molar-refractivity contribution in [3.63, 3.8) is 0 Å². The summed E-state index contributed by atoms with van der Waals surface area (Å²) in [6, 6.07) is 0. The molecule has 0 bridgehead atoms. The van der Waals surface area contributed by atoms with Gasteiger partial charge in [-0.15, -0.1) is 0 Å². The second kappa shape index (κ2) is 4.77. The Kier molecular flexibility index (Phi) is 8.81. The van der Waals surface area contributed by atoms with Crippen LogP contribution in [0.3, 0.4) is 0 Å². The molecule has 4 heteroatoms. The third kappa shape index (κ3) is 61.9. The van der Waals surface area contributed by atoms with Crippen molar-refractivity contribution < 1.29 is 12.8 Å². The predicted octanol–water partition coefficient (Wildman–Crippen LogP) is -0.591. The summed E-state index contributed by atoms with van der Waals surface area (Å²) in [5, 5.41) is 7.43. The first-order valence-electron chi connectivity index (χ1n) is 0.781. The van der Waals surface area contributed by atoms with Gasteiger partial charge in [0.15, 0.2) is 4.83 Å². The summed E-state index contributed by atoms with van der Waals surface area (Å²) in [6.07, 6.45) is 0. The van der Waals surface area contributed by atoms with Crippen LogP contribution in [0.4, 0.5) is 4.79 Å². The molecule has 0 rings (SSSR count). The van der Waals surface area contributed by atoms with Crippen LogP contribution in [0.15, 0.2) is 0 Å². The van der Waals surface area contributed by atoms with Gasteiger partial charge >= 0.3 is 39.3 Å². The Bertz CT molecular complexity index is 38.7. The molecule has 0 saturated heterocycles. The number of carboxylic acid groups (broad SMARTS) is 1. The van der Waals surface area contributed by atoms with Crippen molar-refractivity contribution in [3.8, 4) is 0 Å². The van der Waals surface area contributed by atoms with E-state index in [9.17, 15) is 0 Å². The normalized spacial score (nSPS) is 4.80. The first-order valence-corrected chi connectivity index (χ1v) is 1.49. The van der Waals surface area contributed by atoms with E-state index in [2.05, 4.69) is 0 Å². The minimum atomic E-state index is -0.806. The van der Waals surface area contributed by atoms with E-state index in [1.54, 1.807) is 0 Å². The zero-order valence-corrected chi connectivity index (χ0v) is 5.60. The maximum absolute atomic E-state index is 9.01. The van der Waals surface area contributed by atoms with Crippen LogP contribution in [0.5, 0.6) is 0 Å². The average Bonchev–Trinajstić information content (AvgIpc) is 0.811. The van der Waals surface area contributed by atoms with Gasteiger partial charge in [0, 0.05) is 0 Å². The quantitative estimate of drug-likeness (QED) is 0.412. The summed E-state index contributed by atoms with van der Waals surface area (Å²) >= 11 is 0.920. The van der Waals surface area contributed by atoms with Gasteiger partial charge in [-0.3, -0.25) is 4.79 Å². The van der Waals surface area contributed by atoms with Crippen molar-refractivity contribution in [2.45, 2.75) is 0 Å². The van der Waals surface area contributed by atoms with Crippen molar-refractivity contribution in [2.24, 2.45) is 0 Å². The third-order valence-corrected chi connectivity index (χ3v) is 0. The van der Waals surface area contributed by atoms with E-state index in [4.69, 9.17) is 9.90 Å². The molecule has 0 aromatic rings. The van der Waals surface area contributed by atoms with Crippen LogP contribution in [0.2, 0.25) is 0 Å². The molecular weight excluding hydrogens is 95.3 g/mol. The van der Waals surface area contributed by atoms with Gasteiger partial charge < -0.3 is 7.96 Å². The zero-order chi connectivity index (χ0) is 3.58. The van der Waals surface area contributed by atoms with Crippen LogP contribution in [-0.4, -0.2) is 49.3 Å². The number of rotatable bonds is 0. The molecule has 0 amide bonds. The van der Waals surface area contributed by atoms with Gasteiger partial charge in [0.05, 0.1) is 0 Å². The Hall–Kier alpha value is 0.769. The maximum atomic E-state index is 9.01. The van der Waals surface area contributed by atoms with E-state index in [1.807, 2.05) is 0 Å². The molecular formula is CH4AlMgO2. The SMILES string of the molecule is O=[C](O)[AlH].[H-].[H-].[Mg+2]. The Balaban J connectivity index is -0.0000000150. The monoisotopic (exact) mass is 99.0 g/mol. The van der Waals surface area contributed by atoms with Gasteiger partial charge in [0.1, 0.15) is 0 Å².